The van der Waals surface area contributed by atoms with Gasteiger partial charge in [-0.3, -0.25) is 14.7 Å². The van der Waals surface area contributed by atoms with E-state index in [0.717, 1.165) is 35.9 Å². The van der Waals surface area contributed by atoms with E-state index < -0.39 is 0 Å². The summed E-state index contributed by atoms with van der Waals surface area (Å²) in [5.74, 6) is 2.94. The Morgan fingerprint density at radius 1 is 0.421 bits per heavy atom. The Morgan fingerprint density at radius 2 is 0.684 bits per heavy atom. The molecule has 224 valence electrons. The Labute approximate surface area is 239 Å². The lowest BCUT2D eigenvalue weighted by Crippen LogP contribution is -2.47. The predicted molar refractivity (Wildman–Crippen MR) is 168 cm³/mol. The van der Waals surface area contributed by atoms with Crippen LogP contribution in [0.2, 0.25) is 0 Å². The molecule has 3 aliphatic rings. The summed E-state index contributed by atoms with van der Waals surface area (Å²) in [6, 6.07) is 2.19. The highest BCUT2D eigenvalue weighted by Gasteiger charge is 2.25. The molecule has 3 atom stereocenters. The van der Waals surface area contributed by atoms with Crippen molar-refractivity contribution in [1.82, 2.24) is 14.7 Å². The predicted octanol–water partition coefficient (Wildman–Crippen LogP) is 9.01. The van der Waals surface area contributed by atoms with E-state index in [4.69, 9.17) is 0 Å². The van der Waals surface area contributed by atoms with Gasteiger partial charge in [-0.15, -0.1) is 0 Å². The van der Waals surface area contributed by atoms with Crippen LogP contribution in [0.25, 0.3) is 0 Å². The molecule has 3 unspecified atom stereocenters. The van der Waals surface area contributed by atoms with Crippen LogP contribution in [0, 0.1) is 17.8 Å². The van der Waals surface area contributed by atoms with Gasteiger partial charge >= 0.3 is 0 Å². The van der Waals surface area contributed by atoms with Crippen LogP contribution < -0.4 is 0 Å². The van der Waals surface area contributed by atoms with E-state index in [2.05, 4.69) is 49.3 Å². The molecule has 0 aromatic carbocycles. The number of hydrogen-bond donors (Lipinski definition) is 0. The summed E-state index contributed by atoms with van der Waals surface area (Å²) < 4.78 is 0. The lowest BCUT2D eigenvalue weighted by atomic mass is 9.84. The molecule has 0 radical (unpaired) electrons. The third kappa shape index (κ3) is 11.4. The molecule has 0 N–H and O–H groups in total. The first kappa shape index (κ1) is 32.4. The Bertz CT molecular complexity index is 538. The molecule has 0 aromatic rings. The lowest BCUT2D eigenvalue weighted by molar-refractivity contribution is 0.0966. The molecule has 3 fully saturated rings. The summed E-state index contributed by atoms with van der Waals surface area (Å²) in [5.41, 5.74) is 0. The minimum Gasteiger partial charge on any atom is -0.300 e. The zero-order valence-electron chi connectivity index (χ0n) is 26.8. The summed E-state index contributed by atoms with van der Waals surface area (Å²) >= 11 is 0. The number of rotatable bonds is 17. The van der Waals surface area contributed by atoms with Crippen molar-refractivity contribution >= 4 is 0 Å². The first-order valence-electron chi connectivity index (χ1n) is 17.7. The molecule has 38 heavy (non-hydrogen) atoms. The third-order valence-electron chi connectivity index (χ3n) is 11.2. The first-order valence-corrected chi connectivity index (χ1v) is 17.7. The highest BCUT2D eigenvalue weighted by Crippen LogP contribution is 2.31. The van der Waals surface area contributed by atoms with Crippen LogP contribution in [0.3, 0.4) is 0 Å². The largest absolute Gasteiger partial charge is 0.300 e. The highest BCUT2D eigenvalue weighted by atomic mass is 15.2. The standard InChI is InChI=1S/C35H69N3/c1-6-36(30(3)27-33-17-11-8-12-18-33)23-25-38(32(5)29-35-21-15-10-16-22-35)26-24-37(7-2)31(4)28-34-19-13-9-14-20-34/h30-35H,6-29H2,1-5H3. The van der Waals surface area contributed by atoms with Crippen LogP contribution >= 0.6 is 0 Å². The Morgan fingerprint density at radius 3 is 0.974 bits per heavy atom. The lowest BCUT2D eigenvalue weighted by Gasteiger charge is -2.39. The van der Waals surface area contributed by atoms with Crippen molar-refractivity contribution in [2.75, 3.05) is 39.3 Å². The molecule has 0 amide bonds. The van der Waals surface area contributed by atoms with Crippen molar-refractivity contribution in [1.29, 1.82) is 0 Å². The molecular formula is C35H69N3. The van der Waals surface area contributed by atoms with Crippen molar-refractivity contribution < 1.29 is 0 Å². The summed E-state index contributed by atoms with van der Waals surface area (Å²) in [6.07, 6.45) is 26.5. The normalized spacial score (nSPS) is 23.4. The topological polar surface area (TPSA) is 9.72 Å². The van der Waals surface area contributed by atoms with Crippen molar-refractivity contribution in [2.24, 2.45) is 17.8 Å². The van der Waals surface area contributed by atoms with Gasteiger partial charge in [-0.05, 0) is 70.9 Å². The first-order chi connectivity index (χ1) is 18.5. The molecular weight excluding hydrogens is 462 g/mol. The van der Waals surface area contributed by atoms with E-state index in [1.807, 2.05) is 0 Å². The molecule has 3 aliphatic carbocycles. The average molecular weight is 532 g/mol. The van der Waals surface area contributed by atoms with Gasteiger partial charge in [0.1, 0.15) is 0 Å². The second kappa shape index (κ2) is 18.3. The Kier molecular flexibility index (Phi) is 15.6. The van der Waals surface area contributed by atoms with Gasteiger partial charge in [-0.2, -0.15) is 0 Å². The molecule has 0 spiro atoms. The number of likely N-dealkylation sites (N-methyl/N-ethyl adjacent to an activating group) is 2. The van der Waals surface area contributed by atoms with Gasteiger partial charge in [0.2, 0.25) is 0 Å². The Balaban J connectivity index is 1.54. The zero-order valence-corrected chi connectivity index (χ0v) is 26.8. The minimum absolute atomic E-state index is 0.720. The minimum atomic E-state index is 0.720. The van der Waals surface area contributed by atoms with E-state index in [1.54, 1.807) is 0 Å². The molecule has 3 nitrogen and oxygen atoms in total. The van der Waals surface area contributed by atoms with E-state index in [9.17, 15) is 0 Å². The maximum absolute atomic E-state index is 2.92. The Hall–Kier alpha value is -0.120. The van der Waals surface area contributed by atoms with Crippen molar-refractivity contribution in [3.8, 4) is 0 Å². The summed E-state index contributed by atoms with van der Waals surface area (Å²) in [6.45, 7) is 19.9. The molecule has 0 aromatic heterocycles. The maximum atomic E-state index is 2.92. The SMILES string of the molecule is CCN(CCN(CCN(CC)C(C)CC1CCCCC1)C(C)CC1CCCCC1)C(C)CC1CCCCC1. The molecule has 0 heterocycles. The molecule has 3 heteroatoms. The fourth-order valence-electron chi connectivity index (χ4n) is 8.61. The smallest absolute Gasteiger partial charge is 0.0113 e. The van der Waals surface area contributed by atoms with E-state index >= 15 is 0 Å². The van der Waals surface area contributed by atoms with E-state index in [1.165, 1.54) is 155 Å². The van der Waals surface area contributed by atoms with Gasteiger partial charge in [0.25, 0.3) is 0 Å². The van der Waals surface area contributed by atoms with Gasteiger partial charge in [-0.25, -0.2) is 0 Å². The fraction of sp³-hybridized carbons (Fsp3) is 1.00. The fourth-order valence-corrected chi connectivity index (χ4v) is 8.61. The number of nitrogens with zero attached hydrogens (tertiary/aromatic N) is 3. The van der Waals surface area contributed by atoms with Crippen LogP contribution in [0.5, 0.6) is 0 Å². The highest BCUT2D eigenvalue weighted by molar-refractivity contribution is 4.80. The van der Waals surface area contributed by atoms with Crippen molar-refractivity contribution in [3.05, 3.63) is 0 Å². The molecule has 0 bridgehead atoms. The monoisotopic (exact) mass is 532 g/mol. The third-order valence-corrected chi connectivity index (χ3v) is 11.2. The average Bonchev–Trinajstić information content (AvgIpc) is 2.94. The van der Waals surface area contributed by atoms with Crippen molar-refractivity contribution in [2.45, 2.75) is 168 Å². The maximum Gasteiger partial charge on any atom is 0.0113 e. The van der Waals surface area contributed by atoms with E-state index in [-0.39, 0.29) is 0 Å². The molecule has 0 saturated heterocycles. The summed E-state index contributed by atoms with van der Waals surface area (Å²) in [7, 11) is 0. The zero-order chi connectivity index (χ0) is 27.2. The van der Waals surface area contributed by atoms with Crippen LogP contribution in [-0.2, 0) is 0 Å². The van der Waals surface area contributed by atoms with Gasteiger partial charge in [-0.1, -0.05) is 110 Å². The van der Waals surface area contributed by atoms with Crippen LogP contribution in [-0.4, -0.2) is 72.1 Å². The summed E-state index contributed by atoms with van der Waals surface area (Å²) in [4.78, 5) is 8.55. The molecule has 3 rings (SSSR count). The van der Waals surface area contributed by atoms with Gasteiger partial charge in [0, 0.05) is 44.3 Å². The van der Waals surface area contributed by atoms with Gasteiger partial charge in [0.05, 0.1) is 0 Å². The second-order valence-corrected chi connectivity index (χ2v) is 14.1. The molecule has 3 saturated carbocycles. The van der Waals surface area contributed by atoms with Crippen LogP contribution in [0.1, 0.15) is 150 Å². The van der Waals surface area contributed by atoms with Crippen molar-refractivity contribution in [3.63, 3.8) is 0 Å². The van der Waals surface area contributed by atoms with Crippen LogP contribution in [0.4, 0.5) is 0 Å². The summed E-state index contributed by atoms with van der Waals surface area (Å²) in [5, 5.41) is 0. The van der Waals surface area contributed by atoms with E-state index in [0.29, 0.717) is 0 Å². The number of hydrogen-bond acceptors (Lipinski definition) is 3. The quantitative estimate of drug-likeness (QED) is 0.185. The van der Waals surface area contributed by atoms with Gasteiger partial charge in [0.15, 0.2) is 0 Å². The van der Waals surface area contributed by atoms with Crippen LogP contribution in [0.15, 0.2) is 0 Å². The molecule has 0 aliphatic heterocycles. The van der Waals surface area contributed by atoms with Gasteiger partial charge < -0.3 is 0 Å². The second-order valence-electron chi connectivity index (χ2n) is 14.1.